The first-order valence-corrected chi connectivity index (χ1v) is 3.94. The number of alkyl halides is 3. The molecule has 78 valence electrons. The Morgan fingerprint density at radius 1 is 1.07 bits per heavy atom. The van der Waals surface area contributed by atoms with Crippen LogP contribution < -0.4 is 5.73 Å². The van der Waals surface area contributed by atoms with E-state index >= 15 is 0 Å². The molecule has 0 aliphatic heterocycles. The van der Waals surface area contributed by atoms with Gasteiger partial charge >= 0.3 is 6.18 Å². The summed E-state index contributed by atoms with van der Waals surface area (Å²) in [5.74, 6) is -0.0674. The highest BCUT2D eigenvalue weighted by Crippen LogP contribution is 2.30. The van der Waals surface area contributed by atoms with Gasteiger partial charge in [0.15, 0.2) is 0 Å². The molecule has 2 rings (SSSR count). The maximum atomic E-state index is 12.3. The summed E-state index contributed by atoms with van der Waals surface area (Å²) in [6, 6.07) is 3.02. The Balaban J connectivity index is 2.62. The van der Waals surface area contributed by atoms with Crippen LogP contribution in [0.15, 0.2) is 18.2 Å². The quantitative estimate of drug-likeness (QED) is 0.723. The van der Waals surface area contributed by atoms with E-state index in [1.165, 1.54) is 6.07 Å². The predicted octanol–water partition coefficient (Wildman–Crippen LogP) is 1.63. The van der Waals surface area contributed by atoms with Crippen LogP contribution in [0.5, 0.6) is 0 Å². The van der Waals surface area contributed by atoms with Crippen LogP contribution in [0.4, 0.5) is 19.1 Å². The van der Waals surface area contributed by atoms with Crippen molar-refractivity contribution in [2.24, 2.45) is 0 Å². The second kappa shape index (κ2) is 3.04. The van der Waals surface area contributed by atoms with Gasteiger partial charge in [-0.3, -0.25) is 0 Å². The molecule has 1 aromatic heterocycles. The van der Waals surface area contributed by atoms with Gasteiger partial charge in [0.25, 0.3) is 0 Å². The lowest BCUT2D eigenvalue weighted by molar-refractivity contribution is -0.137. The zero-order chi connectivity index (χ0) is 11.1. The average molecular weight is 214 g/mol. The highest BCUT2D eigenvalue weighted by atomic mass is 19.4. The number of aromatic nitrogens is 3. The summed E-state index contributed by atoms with van der Waals surface area (Å²) >= 11 is 0. The van der Waals surface area contributed by atoms with Gasteiger partial charge in [0, 0.05) is 0 Å². The molecule has 7 heteroatoms. The predicted molar refractivity (Wildman–Crippen MR) is 46.7 cm³/mol. The van der Waals surface area contributed by atoms with E-state index in [2.05, 4.69) is 15.2 Å². The van der Waals surface area contributed by atoms with Gasteiger partial charge in [0.1, 0.15) is 5.52 Å². The van der Waals surface area contributed by atoms with E-state index in [0.717, 1.165) is 12.1 Å². The molecular formula is C8H5F3N4. The zero-order valence-electron chi connectivity index (χ0n) is 7.28. The standard InChI is InChI=1S/C8H5F3N4/c9-8(10,11)4-1-2-5-6(3-4)14-15-7(12)13-5/h1-3H,(H2,12,13,15). The number of nitrogens with zero attached hydrogens (tertiary/aromatic N) is 3. The van der Waals surface area contributed by atoms with E-state index in [1.54, 1.807) is 0 Å². The van der Waals surface area contributed by atoms with Crippen molar-refractivity contribution in [3.8, 4) is 0 Å². The fraction of sp³-hybridized carbons (Fsp3) is 0.125. The Morgan fingerprint density at radius 2 is 1.80 bits per heavy atom. The van der Waals surface area contributed by atoms with Crippen molar-refractivity contribution >= 4 is 17.0 Å². The monoisotopic (exact) mass is 214 g/mol. The van der Waals surface area contributed by atoms with E-state index in [4.69, 9.17) is 5.73 Å². The van der Waals surface area contributed by atoms with Crippen LogP contribution in [0.3, 0.4) is 0 Å². The minimum atomic E-state index is -4.39. The molecule has 15 heavy (non-hydrogen) atoms. The van der Waals surface area contributed by atoms with E-state index in [9.17, 15) is 13.2 Å². The van der Waals surface area contributed by atoms with Crippen molar-refractivity contribution in [3.05, 3.63) is 23.8 Å². The maximum Gasteiger partial charge on any atom is 0.416 e. The Morgan fingerprint density at radius 3 is 2.47 bits per heavy atom. The van der Waals surface area contributed by atoms with E-state index in [-0.39, 0.29) is 17.0 Å². The first kappa shape index (κ1) is 9.63. The number of benzene rings is 1. The molecule has 0 bridgehead atoms. The first-order chi connectivity index (χ1) is 6.97. The molecule has 0 spiro atoms. The fourth-order valence-electron chi connectivity index (χ4n) is 1.13. The lowest BCUT2D eigenvalue weighted by Crippen LogP contribution is -2.05. The number of anilines is 1. The van der Waals surface area contributed by atoms with E-state index < -0.39 is 11.7 Å². The van der Waals surface area contributed by atoms with Gasteiger partial charge < -0.3 is 5.73 Å². The first-order valence-electron chi connectivity index (χ1n) is 3.94. The topological polar surface area (TPSA) is 64.7 Å². The number of halogens is 3. The minimum absolute atomic E-state index is 0.0674. The SMILES string of the molecule is Nc1nnc2cc(C(F)(F)F)ccc2n1. The molecule has 0 saturated carbocycles. The molecule has 0 saturated heterocycles. The second-order valence-electron chi connectivity index (χ2n) is 2.87. The molecule has 0 atom stereocenters. The van der Waals surface area contributed by atoms with Crippen LogP contribution >= 0.6 is 0 Å². The molecule has 1 heterocycles. The number of hydrogen-bond acceptors (Lipinski definition) is 4. The van der Waals surface area contributed by atoms with Crippen LogP contribution in [0, 0.1) is 0 Å². The smallest absolute Gasteiger partial charge is 0.366 e. The molecule has 0 amide bonds. The second-order valence-corrected chi connectivity index (χ2v) is 2.87. The summed E-state index contributed by atoms with van der Waals surface area (Å²) in [6.45, 7) is 0. The largest absolute Gasteiger partial charge is 0.416 e. The lowest BCUT2D eigenvalue weighted by atomic mass is 10.2. The van der Waals surface area contributed by atoms with E-state index in [0.29, 0.717) is 0 Å². The van der Waals surface area contributed by atoms with Gasteiger partial charge in [-0.1, -0.05) is 0 Å². The molecular weight excluding hydrogens is 209 g/mol. The number of nitrogen functional groups attached to an aromatic ring is 1. The third kappa shape index (κ3) is 1.80. The maximum absolute atomic E-state index is 12.3. The highest BCUT2D eigenvalue weighted by molar-refractivity contribution is 5.75. The van der Waals surface area contributed by atoms with Crippen molar-refractivity contribution in [3.63, 3.8) is 0 Å². The molecule has 0 aliphatic rings. The molecule has 1 aromatic carbocycles. The molecule has 0 radical (unpaired) electrons. The number of hydrogen-bond donors (Lipinski definition) is 1. The zero-order valence-corrected chi connectivity index (χ0v) is 7.28. The van der Waals surface area contributed by atoms with Crippen molar-refractivity contribution in [2.45, 2.75) is 6.18 Å². The van der Waals surface area contributed by atoms with Crippen molar-refractivity contribution in [1.82, 2.24) is 15.2 Å². The van der Waals surface area contributed by atoms with Gasteiger partial charge in [-0.25, -0.2) is 4.98 Å². The molecule has 2 N–H and O–H groups in total. The van der Waals surface area contributed by atoms with Crippen LogP contribution in [0.1, 0.15) is 5.56 Å². The minimum Gasteiger partial charge on any atom is -0.366 e. The Hall–Kier alpha value is -1.92. The Kier molecular flexibility index (Phi) is 1.95. The molecule has 0 aliphatic carbocycles. The van der Waals surface area contributed by atoms with Crippen LogP contribution in [-0.2, 0) is 6.18 Å². The summed E-state index contributed by atoms with van der Waals surface area (Å²) in [7, 11) is 0. The number of rotatable bonds is 0. The summed E-state index contributed by atoms with van der Waals surface area (Å²) in [6.07, 6.45) is -4.39. The summed E-state index contributed by atoms with van der Waals surface area (Å²) in [5.41, 5.74) is 4.82. The average Bonchev–Trinajstić information content (AvgIpc) is 2.15. The lowest BCUT2D eigenvalue weighted by Gasteiger charge is -2.06. The number of fused-ring (bicyclic) bond motifs is 1. The molecule has 2 aromatic rings. The molecule has 0 fully saturated rings. The van der Waals surface area contributed by atoms with Gasteiger partial charge in [0.2, 0.25) is 5.95 Å². The molecule has 4 nitrogen and oxygen atoms in total. The van der Waals surface area contributed by atoms with Crippen molar-refractivity contribution < 1.29 is 13.2 Å². The van der Waals surface area contributed by atoms with Crippen LogP contribution in [0.2, 0.25) is 0 Å². The van der Waals surface area contributed by atoms with E-state index in [1.807, 2.05) is 0 Å². The highest BCUT2D eigenvalue weighted by Gasteiger charge is 2.30. The van der Waals surface area contributed by atoms with Crippen molar-refractivity contribution in [1.29, 1.82) is 0 Å². The Labute approximate surface area is 81.9 Å². The van der Waals surface area contributed by atoms with Gasteiger partial charge in [-0.05, 0) is 18.2 Å². The van der Waals surface area contributed by atoms with Gasteiger partial charge in [-0.2, -0.15) is 13.2 Å². The summed E-state index contributed by atoms with van der Waals surface area (Å²) in [4.78, 5) is 3.74. The third-order valence-electron chi connectivity index (χ3n) is 1.80. The third-order valence-corrected chi connectivity index (χ3v) is 1.80. The van der Waals surface area contributed by atoms with Crippen LogP contribution in [0.25, 0.3) is 11.0 Å². The van der Waals surface area contributed by atoms with Gasteiger partial charge in [0.05, 0.1) is 11.1 Å². The summed E-state index contributed by atoms with van der Waals surface area (Å²) < 4.78 is 36.9. The summed E-state index contributed by atoms with van der Waals surface area (Å²) in [5, 5.41) is 6.90. The Bertz CT molecular complexity index is 509. The molecule has 0 unspecified atom stereocenters. The van der Waals surface area contributed by atoms with Gasteiger partial charge in [-0.15, -0.1) is 10.2 Å². The fourth-order valence-corrected chi connectivity index (χ4v) is 1.13. The normalized spacial score (nSPS) is 11.9. The number of nitrogens with two attached hydrogens (primary N) is 1. The van der Waals surface area contributed by atoms with Crippen LogP contribution in [-0.4, -0.2) is 15.2 Å². The van der Waals surface area contributed by atoms with Crippen molar-refractivity contribution in [2.75, 3.05) is 5.73 Å².